The van der Waals surface area contributed by atoms with Crippen LogP contribution in [0.3, 0.4) is 0 Å². The summed E-state index contributed by atoms with van der Waals surface area (Å²) in [4.78, 5) is 18.6. The topological polar surface area (TPSA) is 52.4 Å². The summed E-state index contributed by atoms with van der Waals surface area (Å²) >= 11 is 0. The van der Waals surface area contributed by atoms with Crippen molar-refractivity contribution in [2.75, 3.05) is 0 Å². The van der Waals surface area contributed by atoms with Crippen molar-refractivity contribution in [2.24, 2.45) is 0 Å². The summed E-state index contributed by atoms with van der Waals surface area (Å²) in [5.41, 5.74) is 9.47. The van der Waals surface area contributed by atoms with Gasteiger partial charge in [-0.15, -0.1) is 0 Å². The highest BCUT2D eigenvalue weighted by Crippen LogP contribution is 2.46. The predicted octanol–water partition coefficient (Wildman–Crippen LogP) is 9.49. The number of pyridine rings is 1. The maximum atomic E-state index is 7.39. The standard InChI is InChI=1S/C38H20N6/c1-39-23-18-16-22(17-19-23)35-36-28(12-8-20-40-36)41-38(42-35)44-31-15-7-3-10-25(31)33-32(44)21-27-24-9-2-5-13-29(24)43-30-14-6-4-11-26(30)34(33)37(27)43/h2-21H. The van der Waals surface area contributed by atoms with Crippen LogP contribution < -0.4 is 0 Å². The van der Waals surface area contributed by atoms with Crippen molar-refractivity contribution >= 4 is 76.6 Å². The summed E-state index contributed by atoms with van der Waals surface area (Å²) in [6.07, 6.45) is 1.77. The second-order valence-electron chi connectivity index (χ2n) is 11.2. The quantitative estimate of drug-likeness (QED) is 0.198. The van der Waals surface area contributed by atoms with E-state index in [4.69, 9.17) is 16.5 Å². The molecule has 0 saturated heterocycles. The Labute approximate surface area is 250 Å². The highest BCUT2D eigenvalue weighted by molar-refractivity contribution is 6.35. The molecule has 0 fully saturated rings. The number of nitrogens with zero attached hydrogens (tertiary/aromatic N) is 6. The van der Waals surface area contributed by atoms with E-state index in [1.165, 1.54) is 43.5 Å². The first kappa shape index (κ1) is 23.3. The van der Waals surface area contributed by atoms with Crippen LogP contribution in [0.2, 0.25) is 0 Å². The molecule has 0 aliphatic carbocycles. The Kier molecular flexibility index (Phi) is 4.43. The van der Waals surface area contributed by atoms with Gasteiger partial charge in [-0.05, 0) is 36.4 Å². The first-order valence-electron chi connectivity index (χ1n) is 14.5. The van der Waals surface area contributed by atoms with Gasteiger partial charge in [0.15, 0.2) is 5.69 Å². The molecule has 0 atom stereocenters. The summed E-state index contributed by atoms with van der Waals surface area (Å²) in [5, 5.41) is 7.26. The van der Waals surface area contributed by atoms with Gasteiger partial charge in [0, 0.05) is 44.1 Å². The molecule has 0 spiro atoms. The highest BCUT2D eigenvalue weighted by atomic mass is 15.2. The largest absolute Gasteiger partial charge is 0.308 e. The summed E-state index contributed by atoms with van der Waals surface area (Å²) in [6, 6.07) is 39.6. The number of hydrogen-bond acceptors (Lipinski definition) is 3. The first-order chi connectivity index (χ1) is 21.8. The van der Waals surface area contributed by atoms with Gasteiger partial charge in [0.25, 0.3) is 0 Å². The lowest BCUT2D eigenvalue weighted by atomic mass is 10.0. The average molecular weight is 561 g/mol. The van der Waals surface area contributed by atoms with E-state index < -0.39 is 0 Å². The van der Waals surface area contributed by atoms with E-state index in [0.717, 1.165) is 38.7 Å². The molecule has 202 valence electrons. The molecule has 0 N–H and O–H groups in total. The lowest BCUT2D eigenvalue weighted by molar-refractivity contribution is 1.01. The van der Waals surface area contributed by atoms with Crippen molar-refractivity contribution in [2.45, 2.75) is 0 Å². The monoisotopic (exact) mass is 560 g/mol. The van der Waals surface area contributed by atoms with Crippen molar-refractivity contribution in [3.05, 3.63) is 133 Å². The lowest BCUT2D eigenvalue weighted by Gasteiger charge is -2.11. The molecule has 5 aromatic carbocycles. The zero-order chi connectivity index (χ0) is 28.9. The van der Waals surface area contributed by atoms with Crippen molar-refractivity contribution in [1.82, 2.24) is 23.9 Å². The molecule has 5 heterocycles. The lowest BCUT2D eigenvalue weighted by Crippen LogP contribution is -2.04. The van der Waals surface area contributed by atoms with E-state index in [0.29, 0.717) is 11.6 Å². The number of benzene rings is 5. The first-order valence-corrected chi connectivity index (χ1v) is 14.5. The average Bonchev–Trinajstić information content (AvgIpc) is 3.72. The van der Waals surface area contributed by atoms with Gasteiger partial charge in [0.2, 0.25) is 5.95 Å². The van der Waals surface area contributed by atoms with E-state index in [1.54, 1.807) is 6.20 Å². The summed E-state index contributed by atoms with van der Waals surface area (Å²) in [6.45, 7) is 7.39. The van der Waals surface area contributed by atoms with E-state index in [-0.39, 0.29) is 0 Å². The van der Waals surface area contributed by atoms with Crippen LogP contribution in [0.1, 0.15) is 0 Å². The van der Waals surface area contributed by atoms with E-state index in [9.17, 15) is 0 Å². The van der Waals surface area contributed by atoms with Crippen LogP contribution in [0.4, 0.5) is 5.69 Å². The number of rotatable bonds is 2. The molecule has 0 bridgehead atoms. The Morgan fingerprint density at radius 2 is 1.27 bits per heavy atom. The van der Waals surface area contributed by atoms with Crippen LogP contribution in [0, 0.1) is 6.57 Å². The maximum absolute atomic E-state index is 7.39. The molecule has 6 heteroatoms. The van der Waals surface area contributed by atoms with Gasteiger partial charge >= 0.3 is 0 Å². The minimum absolute atomic E-state index is 0.586. The third-order valence-electron chi connectivity index (χ3n) is 8.92. The van der Waals surface area contributed by atoms with Crippen molar-refractivity contribution in [3.63, 3.8) is 0 Å². The molecule has 0 radical (unpaired) electrons. The zero-order valence-corrected chi connectivity index (χ0v) is 23.2. The van der Waals surface area contributed by atoms with Gasteiger partial charge < -0.3 is 4.40 Å². The minimum atomic E-state index is 0.586. The fraction of sp³-hybridized carbons (Fsp3) is 0. The van der Waals surface area contributed by atoms with Crippen LogP contribution in [0.5, 0.6) is 0 Å². The molecule has 0 amide bonds. The van der Waals surface area contributed by atoms with Crippen LogP contribution in [-0.4, -0.2) is 23.9 Å². The predicted molar refractivity (Wildman–Crippen MR) is 178 cm³/mol. The van der Waals surface area contributed by atoms with Crippen LogP contribution in [0.15, 0.2) is 121 Å². The van der Waals surface area contributed by atoms with Gasteiger partial charge in [-0.3, -0.25) is 9.55 Å². The fourth-order valence-electron chi connectivity index (χ4n) is 7.13. The van der Waals surface area contributed by atoms with E-state index in [2.05, 4.69) is 97.7 Å². The van der Waals surface area contributed by atoms with Crippen molar-refractivity contribution in [3.8, 4) is 17.2 Å². The Bertz CT molecular complexity index is 2830. The molecule has 10 rings (SSSR count). The molecule has 44 heavy (non-hydrogen) atoms. The smallest absolute Gasteiger partial charge is 0.235 e. The molecular weight excluding hydrogens is 540 g/mol. The van der Waals surface area contributed by atoms with Crippen LogP contribution in [-0.2, 0) is 0 Å². The molecule has 0 aliphatic rings. The van der Waals surface area contributed by atoms with Gasteiger partial charge in [-0.1, -0.05) is 78.9 Å². The van der Waals surface area contributed by atoms with Gasteiger partial charge in [0.1, 0.15) is 11.2 Å². The van der Waals surface area contributed by atoms with Gasteiger partial charge in [0.05, 0.1) is 39.7 Å². The Morgan fingerprint density at radius 1 is 0.591 bits per heavy atom. The highest BCUT2D eigenvalue weighted by Gasteiger charge is 2.25. The summed E-state index contributed by atoms with van der Waals surface area (Å²) < 4.78 is 4.63. The molecule has 5 aromatic heterocycles. The normalized spacial score (nSPS) is 12.1. The molecule has 0 aliphatic heterocycles. The number of fused-ring (bicyclic) bond motifs is 11. The summed E-state index contributed by atoms with van der Waals surface area (Å²) in [5.74, 6) is 0.586. The Balaban J connectivity index is 1.41. The maximum Gasteiger partial charge on any atom is 0.235 e. The van der Waals surface area contributed by atoms with Crippen LogP contribution in [0.25, 0.3) is 93.0 Å². The SMILES string of the molecule is [C-]#[N+]c1ccc(-c2nc(-n3c4ccccc4c4c5c6ccccc6n6c7ccccc7c(cc43)c56)nc3cccnc23)cc1. The number of aromatic nitrogens is 5. The Morgan fingerprint density at radius 3 is 2.05 bits per heavy atom. The molecule has 6 nitrogen and oxygen atoms in total. The van der Waals surface area contributed by atoms with Crippen molar-refractivity contribution < 1.29 is 0 Å². The molecule has 10 aromatic rings. The molecular formula is C38H20N6. The minimum Gasteiger partial charge on any atom is -0.308 e. The Hall–Kier alpha value is -6.32. The zero-order valence-electron chi connectivity index (χ0n) is 23.2. The van der Waals surface area contributed by atoms with Crippen molar-refractivity contribution in [1.29, 1.82) is 0 Å². The number of para-hydroxylation sites is 3. The van der Waals surface area contributed by atoms with E-state index >= 15 is 0 Å². The van der Waals surface area contributed by atoms with Gasteiger partial charge in [-0.25, -0.2) is 14.8 Å². The third kappa shape index (κ3) is 2.90. The fourth-order valence-corrected chi connectivity index (χ4v) is 7.13. The molecule has 0 saturated carbocycles. The van der Waals surface area contributed by atoms with Crippen LogP contribution >= 0.6 is 0 Å². The van der Waals surface area contributed by atoms with Gasteiger partial charge in [-0.2, -0.15) is 0 Å². The third-order valence-corrected chi connectivity index (χ3v) is 8.92. The van der Waals surface area contributed by atoms with E-state index in [1.807, 2.05) is 36.4 Å². The summed E-state index contributed by atoms with van der Waals surface area (Å²) in [7, 11) is 0. The second-order valence-corrected chi connectivity index (χ2v) is 11.2. The molecule has 0 unspecified atom stereocenters. The number of hydrogen-bond donors (Lipinski definition) is 0. The second kappa shape index (κ2) is 8.37.